The molecule has 0 fully saturated rings. The third-order valence-corrected chi connectivity index (χ3v) is 8.23. The molecule has 6 rings (SSSR count). The van der Waals surface area contributed by atoms with Gasteiger partial charge in [0, 0.05) is 35.3 Å². The minimum absolute atomic E-state index is 0.190. The maximum absolute atomic E-state index is 6.56. The second kappa shape index (κ2) is 10.7. The van der Waals surface area contributed by atoms with Crippen LogP contribution in [0.1, 0.15) is 69.9 Å². The van der Waals surface area contributed by atoms with Crippen LogP contribution in [0.15, 0.2) is 91.0 Å². The highest BCUT2D eigenvalue weighted by atomic mass is 16.5. The predicted molar refractivity (Wildman–Crippen MR) is 158 cm³/mol. The Morgan fingerprint density at radius 3 is 1.90 bits per heavy atom. The fourth-order valence-electron chi connectivity index (χ4n) is 6.24. The largest absolute Gasteiger partial charge is 0.373 e. The summed E-state index contributed by atoms with van der Waals surface area (Å²) in [5.41, 5.74) is 10.1. The number of rotatable bonds is 8. The molecule has 2 unspecified atom stereocenters. The number of aryl methyl sites for hydroxylation is 5. The number of nitrogens with zero attached hydrogens (tertiary/aromatic N) is 3. The average molecular weight is 516 g/mol. The molecule has 2 atom stereocenters. The van der Waals surface area contributed by atoms with Gasteiger partial charge in [0.2, 0.25) is 0 Å². The number of hydrogen-bond donors (Lipinski definition) is 0. The van der Waals surface area contributed by atoms with Crippen molar-refractivity contribution in [3.8, 4) is 11.6 Å². The van der Waals surface area contributed by atoms with Gasteiger partial charge < -0.3 is 13.9 Å². The van der Waals surface area contributed by atoms with E-state index in [0.717, 1.165) is 30.9 Å². The highest BCUT2D eigenvalue weighted by Gasteiger charge is 2.24. The molecule has 198 valence electrons. The molecule has 2 aromatic carbocycles. The van der Waals surface area contributed by atoms with Gasteiger partial charge in [-0.15, -0.1) is 0 Å². The molecule has 5 aromatic rings. The first-order chi connectivity index (χ1) is 19.0. The number of pyridine rings is 1. The van der Waals surface area contributed by atoms with Gasteiger partial charge in [-0.25, -0.2) is 4.98 Å². The smallest absolute Gasteiger partial charge is 0.139 e. The quantitative estimate of drug-likeness (QED) is 0.209. The Morgan fingerprint density at radius 2 is 1.28 bits per heavy atom. The third-order valence-electron chi connectivity index (χ3n) is 8.23. The summed E-state index contributed by atoms with van der Waals surface area (Å²) < 4.78 is 11.1. The molecule has 0 aliphatic heterocycles. The Labute approximate surface area is 231 Å². The molecule has 0 radical (unpaired) electrons. The van der Waals surface area contributed by atoms with Crippen molar-refractivity contribution in [2.45, 2.75) is 59.0 Å². The molecule has 4 nitrogen and oxygen atoms in total. The van der Waals surface area contributed by atoms with E-state index in [1.807, 2.05) is 0 Å². The Bertz CT molecular complexity index is 1490. The number of fused-ring (bicyclic) bond motifs is 1. The van der Waals surface area contributed by atoms with Gasteiger partial charge in [0.25, 0.3) is 0 Å². The number of ether oxygens (including phenoxy) is 1. The summed E-state index contributed by atoms with van der Waals surface area (Å²) >= 11 is 0. The summed E-state index contributed by atoms with van der Waals surface area (Å²) in [5.74, 6) is 2.11. The molecule has 4 heteroatoms. The molecule has 39 heavy (non-hydrogen) atoms. The minimum atomic E-state index is 0.190. The summed E-state index contributed by atoms with van der Waals surface area (Å²) in [6.07, 6.45) is 3.26. The van der Waals surface area contributed by atoms with Crippen molar-refractivity contribution in [1.82, 2.24) is 14.1 Å². The lowest BCUT2D eigenvalue weighted by Gasteiger charge is -2.23. The molecular weight excluding hydrogens is 478 g/mol. The molecule has 0 bridgehead atoms. The van der Waals surface area contributed by atoms with E-state index in [1.54, 1.807) is 0 Å². The summed E-state index contributed by atoms with van der Waals surface area (Å²) in [7, 11) is 0. The van der Waals surface area contributed by atoms with Crippen LogP contribution in [0.4, 0.5) is 0 Å². The van der Waals surface area contributed by atoms with E-state index in [-0.39, 0.29) is 12.0 Å². The second-order valence-electron chi connectivity index (χ2n) is 10.9. The van der Waals surface area contributed by atoms with Crippen molar-refractivity contribution < 1.29 is 4.74 Å². The van der Waals surface area contributed by atoms with Crippen molar-refractivity contribution in [3.63, 3.8) is 0 Å². The van der Waals surface area contributed by atoms with Gasteiger partial charge in [0.1, 0.15) is 11.6 Å². The molecule has 1 aliphatic carbocycles. The normalized spacial score (nSPS) is 15.4. The molecule has 0 N–H and O–H groups in total. The first-order valence-electron chi connectivity index (χ1n) is 14.1. The van der Waals surface area contributed by atoms with E-state index in [2.05, 4.69) is 128 Å². The van der Waals surface area contributed by atoms with Crippen molar-refractivity contribution >= 4 is 0 Å². The Kier molecular flexibility index (Phi) is 6.97. The lowest BCUT2D eigenvalue weighted by atomic mass is 9.89. The molecule has 0 saturated carbocycles. The van der Waals surface area contributed by atoms with E-state index in [4.69, 9.17) is 9.72 Å². The van der Waals surface area contributed by atoms with Gasteiger partial charge in [-0.1, -0.05) is 54.6 Å². The predicted octanol–water partition coefficient (Wildman–Crippen LogP) is 8.12. The van der Waals surface area contributed by atoms with Crippen LogP contribution >= 0.6 is 0 Å². The van der Waals surface area contributed by atoms with Crippen LogP contribution in [0.2, 0.25) is 0 Å². The van der Waals surface area contributed by atoms with E-state index in [0.29, 0.717) is 6.61 Å². The molecule has 3 aromatic heterocycles. The first kappa shape index (κ1) is 25.4. The van der Waals surface area contributed by atoms with Gasteiger partial charge >= 0.3 is 0 Å². The topological polar surface area (TPSA) is 32.0 Å². The third kappa shape index (κ3) is 4.97. The number of benzene rings is 2. The highest BCUT2D eigenvalue weighted by molar-refractivity contribution is 5.46. The fraction of sp³-hybridized carbons (Fsp3) is 0.286. The standard InChI is InChI=1S/C35H37N3O/c1-24-14-15-25(2)37(24)34-22-30(23-35(36-34)38-26(3)16-17-27(38)4)31(28-10-6-5-7-11-28)20-21-39-33-19-18-29-12-8-9-13-32(29)33/h5-17,22-23,31,33H,18-21H2,1-4H3. The lowest BCUT2D eigenvalue weighted by Crippen LogP contribution is -2.13. The maximum Gasteiger partial charge on any atom is 0.139 e. The second-order valence-corrected chi connectivity index (χ2v) is 10.9. The molecule has 1 aliphatic rings. The van der Waals surface area contributed by atoms with Crippen LogP contribution in [0, 0.1) is 27.7 Å². The fourth-order valence-corrected chi connectivity index (χ4v) is 6.24. The van der Waals surface area contributed by atoms with Crippen molar-refractivity contribution in [2.75, 3.05) is 6.61 Å². The highest BCUT2D eigenvalue weighted by Crippen LogP contribution is 2.36. The van der Waals surface area contributed by atoms with Gasteiger partial charge in [-0.2, -0.15) is 0 Å². The van der Waals surface area contributed by atoms with Crippen molar-refractivity contribution in [1.29, 1.82) is 0 Å². The summed E-state index contributed by atoms with van der Waals surface area (Å²) in [6, 6.07) is 32.8. The van der Waals surface area contributed by atoms with E-state index in [1.165, 1.54) is 45.0 Å². The van der Waals surface area contributed by atoms with Crippen LogP contribution in [-0.4, -0.2) is 20.7 Å². The van der Waals surface area contributed by atoms with Crippen LogP contribution in [0.3, 0.4) is 0 Å². The summed E-state index contributed by atoms with van der Waals surface area (Å²) in [6.45, 7) is 9.29. The number of hydrogen-bond acceptors (Lipinski definition) is 2. The van der Waals surface area contributed by atoms with E-state index >= 15 is 0 Å². The van der Waals surface area contributed by atoms with Crippen molar-refractivity contribution in [3.05, 3.63) is 136 Å². The van der Waals surface area contributed by atoms with Crippen LogP contribution < -0.4 is 0 Å². The zero-order valence-electron chi connectivity index (χ0n) is 23.4. The van der Waals surface area contributed by atoms with E-state index in [9.17, 15) is 0 Å². The Hall–Kier alpha value is -3.89. The van der Waals surface area contributed by atoms with Crippen molar-refractivity contribution in [2.24, 2.45) is 0 Å². The minimum Gasteiger partial charge on any atom is -0.373 e. The number of aromatic nitrogens is 3. The first-order valence-corrected chi connectivity index (χ1v) is 14.1. The van der Waals surface area contributed by atoms with Crippen LogP contribution in [-0.2, 0) is 11.2 Å². The molecule has 0 saturated heterocycles. The van der Waals surface area contributed by atoms with Gasteiger partial charge in [-0.05, 0) is 106 Å². The van der Waals surface area contributed by atoms with Gasteiger partial charge in [-0.3, -0.25) is 0 Å². The zero-order valence-corrected chi connectivity index (χ0v) is 23.4. The molecular formula is C35H37N3O. The summed E-state index contributed by atoms with van der Waals surface area (Å²) in [5, 5.41) is 0. The molecule has 0 spiro atoms. The van der Waals surface area contributed by atoms with Gasteiger partial charge in [0.05, 0.1) is 6.10 Å². The van der Waals surface area contributed by atoms with Crippen LogP contribution in [0.5, 0.6) is 0 Å². The Morgan fingerprint density at radius 1 is 0.718 bits per heavy atom. The van der Waals surface area contributed by atoms with E-state index < -0.39 is 0 Å². The Balaban J connectivity index is 1.39. The van der Waals surface area contributed by atoms with Crippen LogP contribution in [0.25, 0.3) is 11.6 Å². The molecule has 0 amide bonds. The monoisotopic (exact) mass is 515 g/mol. The average Bonchev–Trinajstić information content (AvgIpc) is 3.62. The SMILES string of the molecule is Cc1ccc(C)n1-c1cc(C(CCOC2CCc3ccccc32)c2ccccc2)cc(-n2c(C)ccc2C)n1. The van der Waals surface area contributed by atoms with Gasteiger partial charge in [0.15, 0.2) is 0 Å². The summed E-state index contributed by atoms with van der Waals surface area (Å²) in [4.78, 5) is 5.20. The maximum atomic E-state index is 6.56. The molecule has 3 heterocycles. The zero-order chi connectivity index (χ0) is 26.9. The lowest BCUT2D eigenvalue weighted by molar-refractivity contribution is 0.0506.